The first-order valence-electron chi connectivity index (χ1n) is 7.62. The molecular formula is C18H19Cl2NO5. The molecule has 8 heteroatoms. The van der Waals surface area contributed by atoms with Crippen LogP contribution in [-0.4, -0.2) is 33.8 Å². The van der Waals surface area contributed by atoms with E-state index in [0.29, 0.717) is 33.0 Å². The van der Waals surface area contributed by atoms with Crippen LogP contribution >= 0.6 is 23.2 Å². The minimum Gasteiger partial charge on any atom is -0.493 e. The van der Waals surface area contributed by atoms with E-state index in [1.54, 1.807) is 30.3 Å². The molecule has 1 N–H and O–H groups in total. The Bertz CT molecular complexity index is 757. The number of halogens is 2. The largest absolute Gasteiger partial charge is 0.493 e. The van der Waals surface area contributed by atoms with Crippen molar-refractivity contribution in [2.45, 2.75) is 6.54 Å². The molecular weight excluding hydrogens is 381 g/mol. The van der Waals surface area contributed by atoms with Gasteiger partial charge in [0.15, 0.2) is 18.1 Å². The summed E-state index contributed by atoms with van der Waals surface area (Å²) in [6.07, 6.45) is 0. The van der Waals surface area contributed by atoms with E-state index >= 15 is 0 Å². The van der Waals surface area contributed by atoms with Gasteiger partial charge in [-0.15, -0.1) is 0 Å². The second kappa shape index (κ2) is 9.40. The van der Waals surface area contributed by atoms with Gasteiger partial charge >= 0.3 is 0 Å². The molecule has 0 saturated heterocycles. The normalized spacial score (nSPS) is 10.2. The minimum absolute atomic E-state index is 0.190. The van der Waals surface area contributed by atoms with Crippen molar-refractivity contribution < 1.29 is 23.7 Å². The first-order chi connectivity index (χ1) is 12.5. The fourth-order valence-corrected chi connectivity index (χ4v) is 2.55. The van der Waals surface area contributed by atoms with Gasteiger partial charge < -0.3 is 24.3 Å². The molecule has 0 heterocycles. The second-order valence-electron chi connectivity index (χ2n) is 5.17. The van der Waals surface area contributed by atoms with Crippen LogP contribution in [0.1, 0.15) is 5.56 Å². The Labute approximate surface area is 161 Å². The van der Waals surface area contributed by atoms with Crippen molar-refractivity contribution in [1.29, 1.82) is 0 Å². The van der Waals surface area contributed by atoms with Crippen molar-refractivity contribution in [2.24, 2.45) is 0 Å². The number of nitrogens with one attached hydrogen (secondary N) is 1. The van der Waals surface area contributed by atoms with Crippen LogP contribution in [0.25, 0.3) is 0 Å². The van der Waals surface area contributed by atoms with E-state index < -0.39 is 0 Å². The van der Waals surface area contributed by atoms with Crippen LogP contribution in [0.5, 0.6) is 23.0 Å². The Kier molecular flexibility index (Phi) is 7.24. The van der Waals surface area contributed by atoms with Crippen molar-refractivity contribution in [3.05, 3.63) is 45.9 Å². The number of methoxy groups -OCH3 is 3. The predicted molar refractivity (Wildman–Crippen MR) is 99.9 cm³/mol. The van der Waals surface area contributed by atoms with E-state index in [4.69, 9.17) is 42.1 Å². The maximum Gasteiger partial charge on any atom is 0.258 e. The fraction of sp³-hybridized carbons (Fsp3) is 0.278. The van der Waals surface area contributed by atoms with Gasteiger partial charge in [0.25, 0.3) is 5.91 Å². The molecule has 0 saturated carbocycles. The lowest BCUT2D eigenvalue weighted by atomic mass is 10.1. The SMILES string of the molecule is COc1cc(CNC(=O)COc2cc(Cl)ccc2Cl)cc(OC)c1OC. The van der Waals surface area contributed by atoms with Gasteiger partial charge in [-0.2, -0.15) is 0 Å². The maximum absolute atomic E-state index is 12.0. The summed E-state index contributed by atoms with van der Waals surface area (Å²) in [4.78, 5) is 12.0. The standard InChI is InChI=1S/C18H19Cl2NO5/c1-23-15-6-11(7-16(24-2)18(15)25-3)9-21-17(22)10-26-14-8-12(19)4-5-13(14)20/h4-8H,9-10H2,1-3H3,(H,21,22). The molecule has 140 valence electrons. The molecule has 0 aromatic heterocycles. The zero-order valence-electron chi connectivity index (χ0n) is 14.6. The highest BCUT2D eigenvalue weighted by molar-refractivity contribution is 6.34. The molecule has 26 heavy (non-hydrogen) atoms. The lowest BCUT2D eigenvalue weighted by Crippen LogP contribution is -2.28. The summed E-state index contributed by atoms with van der Waals surface area (Å²) >= 11 is 11.9. The molecule has 2 aromatic rings. The second-order valence-corrected chi connectivity index (χ2v) is 6.02. The highest BCUT2D eigenvalue weighted by atomic mass is 35.5. The monoisotopic (exact) mass is 399 g/mol. The molecule has 6 nitrogen and oxygen atoms in total. The Balaban J connectivity index is 1.97. The molecule has 0 unspecified atom stereocenters. The quantitative estimate of drug-likeness (QED) is 0.732. The zero-order valence-corrected chi connectivity index (χ0v) is 16.1. The van der Waals surface area contributed by atoms with Crippen molar-refractivity contribution >= 4 is 29.1 Å². The fourth-order valence-electron chi connectivity index (χ4n) is 2.22. The van der Waals surface area contributed by atoms with E-state index in [-0.39, 0.29) is 19.1 Å². The number of hydrogen-bond donors (Lipinski definition) is 1. The van der Waals surface area contributed by atoms with Crippen LogP contribution in [0.4, 0.5) is 0 Å². The number of carbonyl (C=O) groups excluding carboxylic acids is 1. The van der Waals surface area contributed by atoms with E-state index in [1.807, 2.05) is 0 Å². The van der Waals surface area contributed by atoms with Gasteiger partial charge in [-0.05, 0) is 29.8 Å². The van der Waals surface area contributed by atoms with Crippen molar-refractivity contribution in [2.75, 3.05) is 27.9 Å². The Morgan fingerprint density at radius 1 is 0.962 bits per heavy atom. The van der Waals surface area contributed by atoms with Crippen LogP contribution in [0.3, 0.4) is 0 Å². The lowest BCUT2D eigenvalue weighted by Gasteiger charge is -2.14. The van der Waals surface area contributed by atoms with Crippen LogP contribution in [0.2, 0.25) is 10.0 Å². The summed E-state index contributed by atoms with van der Waals surface area (Å²) in [7, 11) is 4.59. The van der Waals surface area contributed by atoms with Gasteiger partial charge in [0.2, 0.25) is 5.75 Å². The highest BCUT2D eigenvalue weighted by Crippen LogP contribution is 2.38. The molecule has 0 fully saturated rings. The number of rotatable bonds is 8. The summed E-state index contributed by atoms with van der Waals surface area (Å²) in [5.41, 5.74) is 0.786. The summed E-state index contributed by atoms with van der Waals surface area (Å²) in [5, 5.41) is 3.61. The predicted octanol–water partition coefficient (Wildman–Crippen LogP) is 3.71. The first kappa shape index (κ1) is 20.0. The van der Waals surface area contributed by atoms with Crippen LogP contribution in [0.15, 0.2) is 30.3 Å². The number of amides is 1. The highest BCUT2D eigenvalue weighted by Gasteiger charge is 2.14. The minimum atomic E-state index is -0.310. The van der Waals surface area contributed by atoms with Crippen molar-refractivity contribution in [1.82, 2.24) is 5.32 Å². The van der Waals surface area contributed by atoms with Crippen LogP contribution < -0.4 is 24.3 Å². The molecule has 2 rings (SSSR count). The molecule has 0 atom stereocenters. The van der Waals surface area contributed by atoms with E-state index in [0.717, 1.165) is 5.56 Å². The average molecular weight is 400 g/mol. The molecule has 0 spiro atoms. The maximum atomic E-state index is 12.0. The molecule has 1 amide bonds. The lowest BCUT2D eigenvalue weighted by molar-refractivity contribution is -0.123. The van der Waals surface area contributed by atoms with Gasteiger partial charge in [0.1, 0.15) is 5.75 Å². The molecule has 0 radical (unpaired) electrons. The van der Waals surface area contributed by atoms with Gasteiger partial charge in [0.05, 0.1) is 26.4 Å². The summed E-state index contributed by atoms with van der Waals surface area (Å²) in [6.45, 7) is 0.0761. The molecule has 0 aliphatic rings. The number of hydrogen-bond acceptors (Lipinski definition) is 5. The number of ether oxygens (including phenoxy) is 4. The summed E-state index contributed by atoms with van der Waals surface area (Å²) in [5.74, 6) is 1.55. The van der Waals surface area contributed by atoms with Crippen molar-refractivity contribution in [3.63, 3.8) is 0 Å². The Morgan fingerprint density at radius 2 is 1.62 bits per heavy atom. The molecule has 0 aliphatic heterocycles. The molecule has 0 aliphatic carbocycles. The summed E-state index contributed by atoms with van der Waals surface area (Å²) < 4.78 is 21.2. The number of benzene rings is 2. The van der Waals surface area contributed by atoms with E-state index in [1.165, 1.54) is 21.3 Å². The third kappa shape index (κ3) is 5.09. The molecule has 0 bridgehead atoms. The Hall–Kier alpha value is -2.31. The third-order valence-electron chi connectivity index (χ3n) is 3.47. The third-order valence-corrected chi connectivity index (χ3v) is 4.01. The van der Waals surface area contributed by atoms with E-state index in [2.05, 4.69) is 5.32 Å². The van der Waals surface area contributed by atoms with Gasteiger partial charge in [-0.1, -0.05) is 23.2 Å². The van der Waals surface area contributed by atoms with Gasteiger partial charge in [0, 0.05) is 17.6 Å². The van der Waals surface area contributed by atoms with E-state index in [9.17, 15) is 4.79 Å². The van der Waals surface area contributed by atoms with Gasteiger partial charge in [-0.3, -0.25) is 4.79 Å². The van der Waals surface area contributed by atoms with Crippen LogP contribution in [-0.2, 0) is 11.3 Å². The first-order valence-corrected chi connectivity index (χ1v) is 8.37. The topological polar surface area (TPSA) is 66.0 Å². The van der Waals surface area contributed by atoms with Crippen molar-refractivity contribution in [3.8, 4) is 23.0 Å². The summed E-state index contributed by atoms with van der Waals surface area (Å²) in [6, 6.07) is 8.32. The smallest absolute Gasteiger partial charge is 0.258 e. The van der Waals surface area contributed by atoms with Gasteiger partial charge in [-0.25, -0.2) is 0 Å². The zero-order chi connectivity index (χ0) is 19.1. The number of carbonyl (C=O) groups is 1. The Morgan fingerprint density at radius 3 is 2.19 bits per heavy atom. The molecule has 2 aromatic carbocycles. The average Bonchev–Trinajstić information content (AvgIpc) is 2.65. The van der Waals surface area contributed by atoms with Crippen LogP contribution in [0, 0.1) is 0 Å².